The number of aryl methyl sites for hydroxylation is 1. The molecule has 0 saturated heterocycles. The Morgan fingerprint density at radius 3 is 2.71 bits per heavy atom. The van der Waals surface area contributed by atoms with Gasteiger partial charge in [0, 0.05) is 12.0 Å². The molecule has 5 rings (SSSR count). The van der Waals surface area contributed by atoms with Crippen molar-refractivity contribution in [1.29, 1.82) is 0 Å². The molecule has 0 radical (unpaired) electrons. The lowest BCUT2D eigenvalue weighted by molar-refractivity contribution is 0.292. The number of fused-ring (bicyclic) bond motifs is 2. The molecule has 0 N–H and O–H groups in total. The zero-order valence-corrected chi connectivity index (χ0v) is 16.1. The minimum absolute atomic E-state index is 0.300. The summed E-state index contributed by atoms with van der Waals surface area (Å²) in [6.07, 6.45) is 0.880. The normalized spacial score (nSPS) is 13.5. The molecule has 0 amide bonds. The maximum atomic E-state index is 5.82. The highest BCUT2D eigenvalue weighted by Crippen LogP contribution is 2.35. The smallest absolute Gasteiger partial charge is 0.235 e. The summed E-state index contributed by atoms with van der Waals surface area (Å²) in [4.78, 5) is 0.726. The molecule has 0 atom stereocenters. The first kappa shape index (κ1) is 17.0. The van der Waals surface area contributed by atoms with Crippen LogP contribution in [0, 0.1) is 6.92 Å². The highest BCUT2D eigenvalue weighted by molar-refractivity contribution is 7.19. The third-order valence-electron chi connectivity index (χ3n) is 4.44. The first-order valence-electron chi connectivity index (χ1n) is 9.07. The van der Waals surface area contributed by atoms with Gasteiger partial charge in [-0.3, -0.25) is 0 Å². The first-order valence-corrected chi connectivity index (χ1v) is 9.88. The van der Waals surface area contributed by atoms with Crippen LogP contribution in [-0.4, -0.2) is 33.0 Å². The van der Waals surface area contributed by atoms with Crippen LogP contribution >= 0.6 is 11.3 Å². The van der Waals surface area contributed by atoms with E-state index in [0.29, 0.717) is 25.6 Å². The summed E-state index contributed by atoms with van der Waals surface area (Å²) in [5.74, 6) is 2.98. The number of nitrogens with zero attached hydrogens (tertiary/aromatic N) is 4. The van der Waals surface area contributed by atoms with Crippen LogP contribution in [-0.2, 0) is 6.61 Å². The van der Waals surface area contributed by atoms with E-state index in [1.54, 1.807) is 4.52 Å². The Hall–Kier alpha value is -3.13. The SMILES string of the molecule is Cc1ccc(OCc2nnc3sc(-c4ccc5c(c4)OCCCO5)nn23)cc1. The van der Waals surface area contributed by atoms with E-state index in [9.17, 15) is 0 Å². The maximum absolute atomic E-state index is 5.82. The zero-order valence-electron chi connectivity index (χ0n) is 15.3. The van der Waals surface area contributed by atoms with Crippen molar-refractivity contribution in [3.05, 3.63) is 53.9 Å². The van der Waals surface area contributed by atoms with Crippen LogP contribution in [0.5, 0.6) is 17.2 Å². The maximum Gasteiger partial charge on any atom is 0.235 e. The number of benzene rings is 2. The van der Waals surface area contributed by atoms with E-state index >= 15 is 0 Å². The lowest BCUT2D eigenvalue weighted by Gasteiger charge is -2.07. The number of hydrogen-bond donors (Lipinski definition) is 0. The van der Waals surface area contributed by atoms with Crippen molar-refractivity contribution >= 4 is 16.3 Å². The molecular formula is C20H18N4O3S. The molecule has 0 fully saturated rings. The average molecular weight is 394 g/mol. The Bertz CT molecular complexity index is 1120. The van der Waals surface area contributed by atoms with Crippen LogP contribution in [0.2, 0.25) is 0 Å². The fourth-order valence-electron chi connectivity index (χ4n) is 2.94. The number of rotatable bonds is 4. The third-order valence-corrected chi connectivity index (χ3v) is 5.39. The lowest BCUT2D eigenvalue weighted by Crippen LogP contribution is -2.02. The minimum Gasteiger partial charge on any atom is -0.490 e. The molecular weight excluding hydrogens is 376 g/mol. The predicted octanol–water partition coefficient (Wildman–Crippen LogP) is 3.90. The highest BCUT2D eigenvalue weighted by Gasteiger charge is 2.16. The van der Waals surface area contributed by atoms with Crippen molar-refractivity contribution < 1.29 is 14.2 Å². The largest absolute Gasteiger partial charge is 0.490 e. The summed E-state index contributed by atoms with van der Waals surface area (Å²) < 4.78 is 19.0. The van der Waals surface area contributed by atoms with Gasteiger partial charge in [0.15, 0.2) is 17.3 Å². The van der Waals surface area contributed by atoms with Gasteiger partial charge in [0.25, 0.3) is 0 Å². The van der Waals surface area contributed by atoms with E-state index in [0.717, 1.165) is 39.2 Å². The van der Waals surface area contributed by atoms with Gasteiger partial charge in [0.05, 0.1) is 13.2 Å². The molecule has 142 valence electrons. The average Bonchev–Trinajstić information content (AvgIpc) is 3.21. The van der Waals surface area contributed by atoms with Crippen molar-refractivity contribution in [1.82, 2.24) is 19.8 Å². The standard InChI is InChI=1S/C20H18N4O3S/c1-13-3-6-15(7-4-13)27-12-18-21-22-20-24(18)23-19(28-20)14-5-8-16-17(11-14)26-10-2-9-25-16/h3-8,11H,2,9-10,12H2,1H3. The van der Waals surface area contributed by atoms with Crippen LogP contribution in [0.3, 0.4) is 0 Å². The summed E-state index contributed by atoms with van der Waals surface area (Å²) in [7, 11) is 0. The van der Waals surface area contributed by atoms with E-state index in [1.165, 1.54) is 16.9 Å². The second-order valence-electron chi connectivity index (χ2n) is 6.53. The highest BCUT2D eigenvalue weighted by atomic mass is 32.1. The monoisotopic (exact) mass is 394 g/mol. The molecule has 0 aliphatic carbocycles. The van der Waals surface area contributed by atoms with Gasteiger partial charge in [0.2, 0.25) is 4.96 Å². The molecule has 4 aromatic rings. The zero-order chi connectivity index (χ0) is 18.9. The van der Waals surface area contributed by atoms with Crippen molar-refractivity contribution in [3.8, 4) is 27.8 Å². The topological polar surface area (TPSA) is 70.8 Å². The Morgan fingerprint density at radius 1 is 1.04 bits per heavy atom. The summed E-state index contributed by atoms with van der Waals surface area (Å²) in [6, 6.07) is 13.8. The van der Waals surface area contributed by atoms with Gasteiger partial charge in [-0.2, -0.15) is 9.61 Å². The molecule has 2 aromatic carbocycles. The Kier molecular flexibility index (Phi) is 4.32. The van der Waals surface area contributed by atoms with Crippen LogP contribution in [0.1, 0.15) is 17.8 Å². The summed E-state index contributed by atoms with van der Waals surface area (Å²) in [6.45, 7) is 3.67. The van der Waals surface area contributed by atoms with Gasteiger partial charge in [-0.1, -0.05) is 29.0 Å². The molecule has 3 heterocycles. The molecule has 1 aliphatic heterocycles. The van der Waals surface area contributed by atoms with E-state index in [4.69, 9.17) is 14.2 Å². The third kappa shape index (κ3) is 3.27. The number of hydrogen-bond acceptors (Lipinski definition) is 7. The minimum atomic E-state index is 0.300. The van der Waals surface area contributed by atoms with Crippen molar-refractivity contribution in [2.24, 2.45) is 0 Å². The van der Waals surface area contributed by atoms with Crippen LogP contribution in [0.25, 0.3) is 15.5 Å². The van der Waals surface area contributed by atoms with Gasteiger partial charge < -0.3 is 14.2 Å². The summed E-state index contributed by atoms with van der Waals surface area (Å²) in [5.41, 5.74) is 2.15. The second kappa shape index (κ2) is 7.12. The van der Waals surface area contributed by atoms with Crippen LogP contribution < -0.4 is 14.2 Å². The molecule has 0 bridgehead atoms. The Morgan fingerprint density at radius 2 is 1.86 bits per heavy atom. The van der Waals surface area contributed by atoms with Gasteiger partial charge in [-0.15, -0.1) is 10.2 Å². The fourth-order valence-corrected chi connectivity index (χ4v) is 3.80. The van der Waals surface area contributed by atoms with Gasteiger partial charge in [-0.25, -0.2) is 0 Å². The van der Waals surface area contributed by atoms with Crippen molar-refractivity contribution in [2.75, 3.05) is 13.2 Å². The van der Waals surface area contributed by atoms with E-state index < -0.39 is 0 Å². The molecule has 0 spiro atoms. The van der Waals surface area contributed by atoms with Crippen molar-refractivity contribution in [2.45, 2.75) is 20.0 Å². The number of ether oxygens (including phenoxy) is 3. The summed E-state index contributed by atoms with van der Waals surface area (Å²) >= 11 is 1.48. The Balaban J connectivity index is 1.40. The van der Waals surface area contributed by atoms with Gasteiger partial charge in [0.1, 0.15) is 17.4 Å². The fraction of sp³-hybridized carbons (Fsp3) is 0.250. The van der Waals surface area contributed by atoms with Crippen LogP contribution in [0.4, 0.5) is 0 Å². The van der Waals surface area contributed by atoms with Gasteiger partial charge in [-0.05, 0) is 37.3 Å². The first-order chi connectivity index (χ1) is 13.8. The van der Waals surface area contributed by atoms with Gasteiger partial charge >= 0.3 is 0 Å². The van der Waals surface area contributed by atoms with E-state index in [2.05, 4.69) is 15.3 Å². The molecule has 1 aliphatic rings. The summed E-state index contributed by atoms with van der Waals surface area (Å²) in [5, 5.41) is 13.9. The molecule has 7 nitrogen and oxygen atoms in total. The molecule has 8 heteroatoms. The predicted molar refractivity (Wildman–Crippen MR) is 105 cm³/mol. The van der Waals surface area contributed by atoms with E-state index in [-0.39, 0.29) is 0 Å². The van der Waals surface area contributed by atoms with Crippen molar-refractivity contribution in [3.63, 3.8) is 0 Å². The lowest BCUT2D eigenvalue weighted by atomic mass is 10.2. The van der Waals surface area contributed by atoms with Crippen LogP contribution in [0.15, 0.2) is 42.5 Å². The van der Waals surface area contributed by atoms with E-state index in [1.807, 2.05) is 49.4 Å². The second-order valence-corrected chi connectivity index (χ2v) is 7.49. The number of aromatic nitrogens is 4. The molecule has 0 saturated carbocycles. The molecule has 0 unspecified atom stereocenters. The Labute approximate surface area is 165 Å². The molecule has 28 heavy (non-hydrogen) atoms. The molecule has 2 aromatic heterocycles. The quantitative estimate of drug-likeness (QED) is 0.523.